The van der Waals surface area contributed by atoms with E-state index in [9.17, 15) is 19.4 Å². The number of phosphoric ester groups is 1. The SMILES string of the molecule is CCCCCCCCCCCCCCCCCCCCCCCCCCCCCC(=O)N[C@@H](COP(=O)(O)OCCN)[C@H](O)CCCCCCCCCCCCCCCCCCC. The Morgan fingerprint density at radius 1 is 0.460 bits per heavy atom. The minimum absolute atomic E-state index is 0.0929. The quantitative estimate of drug-likeness (QED) is 0.0353. The number of aliphatic hydroxyl groups excluding tert-OH is 1. The van der Waals surface area contributed by atoms with Crippen LogP contribution in [0.25, 0.3) is 0 Å². The summed E-state index contributed by atoms with van der Waals surface area (Å²) in [5.41, 5.74) is 5.41. The minimum atomic E-state index is -4.32. The fourth-order valence-electron chi connectivity index (χ4n) is 8.97. The zero-order chi connectivity index (χ0) is 46.0. The molecule has 0 aliphatic heterocycles. The first-order valence-electron chi connectivity index (χ1n) is 28.2. The summed E-state index contributed by atoms with van der Waals surface area (Å²) < 4.78 is 22.3. The van der Waals surface area contributed by atoms with Crippen molar-refractivity contribution >= 4 is 13.7 Å². The Hall–Kier alpha value is -0.500. The molecule has 0 aliphatic rings. The molecule has 9 heteroatoms. The maximum atomic E-state index is 12.9. The number of aliphatic hydroxyl groups is 1. The number of hydrogen-bond acceptors (Lipinski definition) is 6. The van der Waals surface area contributed by atoms with E-state index >= 15 is 0 Å². The Kier molecular flexibility index (Phi) is 50.5. The summed E-state index contributed by atoms with van der Waals surface area (Å²) in [5.74, 6) is -0.153. The Morgan fingerprint density at radius 3 is 1.02 bits per heavy atom. The van der Waals surface area contributed by atoms with E-state index in [2.05, 4.69) is 19.2 Å². The lowest BCUT2D eigenvalue weighted by Gasteiger charge is -2.25. The Balaban J connectivity index is 3.89. The number of amides is 1. The zero-order valence-corrected chi connectivity index (χ0v) is 43.2. The average Bonchev–Trinajstić information content (AvgIpc) is 3.27. The third kappa shape index (κ3) is 49.2. The maximum absolute atomic E-state index is 12.9. The molecular formula is C54H111N2O6P. The molecule has 0 saturated heterocycles. The fourth-order valence-corrected chi connectivity index (χ4v) is 9.73. The van der Waals surface area contributed by atoms with Crippen molar-refractivity contribution in [1.29, 1.82) is 0 Å². The number of unbranched alkanes of at least 4 members (excludes halogenated alkanes) is 42. The molecule has 1 amide bonds. The minimum Gasteiger partial charge on any atom is -0.391 e. The molecule has 0 radical (unpaired) electrons. The highest BCUT2D eigenvalue weighted by Crippen LogP contribution is 2.43. The molecule has 0 aliphatic carbocycles. The van der Waals surface area contributed by atoms with Gasteiger partial charge >= 0.3 is 7.82 Å². The van der Waals surface area contributed by atoms with Gasteiger partial charge in [0.2, 0.25) is 5.91 Å². The molecule has 0 rings (SSSR count). The first kappa shape index (κ1) is 62.5. The number of carbonyl (C=O) groups excluding carboxylic acids is 1. The molecule has 3 atom stereocenters. The maximum Gasteiger partial charge on any atom is 0.472 e. The van der Waals surface area contributed by atoms with Crippen molar-refractivity contribution in [1.82, 2.24) is 5.32 Å². The van der Waals surface area contributed by atoms with Crippen LogP contribution in [0.2, 0.25) is 0 Å². The Morgan fingerprint density at radius 2 is 0.730 bits per heavy atom. The molecule has 378 valence electrons. The molecular weight excluding hydrogens is 804 g/mol. The van der Waals surface area contributed by atoms with Crippen LogP contribution in [-0.2, 0) is 18.4 Å². The number of nitrogens with two attached hydrogens (primary N) is 1. The van der Waals surface area contributed by atoms with Gasteiger partial charge in [0.25, 0.3) is 0 Å². The molecule has 0 heterocycles. The van der Waals surface area contributed by atoms with Gasteiger partial charge in [-0.05, 0) is 12.8 Å². The highest BCUT2D eigenvalue weighted by Gasteiger charge is 2.27. The summed E-state index contributed by atoms with van der Waals surface area (Å²) in [6.07, 6.45) is 58.6. The molecule has 5 N–H and O–H groups in total. The molecule has 0 aromatic rings. The average molecular weight is 915 g/mol. The molecule has 0 fully saturated rings. The predicted molar refractivity (Wildman–Crippen MR) is 272 cm³/mol. The smallest absolute Gasteiger partial charge is 0.391 e. The van der Waals surface area contributed by atoms with Gasteiger partial charge in [-0.15, -0.1) is 0 Å². The van der Waals surface area contributed by atoms with E-state index in [4.69, 9.17) is 14.8 Å². The van der Waals surface area contributed by atoms with E-state index in [0.717, 1.165) is 38.5 Å². The van der Waals surface area contributed by atoms with E-state index in [1.54, 1.807) is 0 Å². The van der Waals surface area contributed by atoms with Gasteiger partial charge in [0.15, 0.2) is 0 Å². The number of phosphoric acid groups is 1. The summed E-state index contributed by atoms with van der Waals surface area (Å²) in [4.78, 5) is 22.9. The first-order chi connectivity index (χ1) is 30.9. The molecule has 1 unspecified atom stereocenters. The highest BCUT2D eigenvalue weighted by molar-refractivity contribution is 7.47. The lowest BCUT2D eigenvalue weighted by atomic mass is 10.0. The van der Waals surface area contributed by atoms with Crippen molar-refractivity contribution in [2.75, 3.05) is 19.8 Å². The van der Waals surface area contributed by atoms with Gasteiger partial charge in [-0.25, -0.2) is 4.57 Å². The summed E-state index contributed by atoms with van der Waals surface area (Å²) in [6.45, 7) is 4.27. The van der Waals surface area contributed by atoms with Crippen molar-refractivity contribution in [3.8, 4) is 0 Å². The van der Waals surface area contributed by atoms with Crippen LogP contribution in [0.3, 0.4) is 0 Å². The van der Waals surface area contributed by atoms with Crippen molar-refractivity contribution < 1.29 is 28.4 Å². The van der Waals surface area contributed by atoms with Crippen LogP contribution in [0.15, 0.2) is 0 Å². The van der Waals surface area contributed by atoms with Crippen LogP contribution in [0.1, 0.15) is 309 Å². The van der Waals surface area contributed by atoms with Gasteiger partial charge in [0, 0.05) is 13.0 Å². The van der Waals surface area contributed by atoms with Gasteiger partial charge in [0.1, 0.15) is 0 Å². The highest BCUT2D eigenvalue weighted by atomic mass is 31.2. The van der Waals surface area contributed by atoms with E-state index < -0.39 is 20.0 Å². The monoisotopic (exact) mass is 915 g/mol. The van der Waals surface area contributed by atoms with E-state index in [-0.39, 0.29) is 25.7 Å². The van der Waals surface area contributed by atoms with Crippen molar-refractivity contribution in [2.24, 2.45) is 5.73 Å². The summed E-state index contributed by atoms with van der Waals surface area (Å²) in [7, 11) is -4.32. The van der Waals surface area contributed by atoms with Crippen LogP contribution < -0.4 is 11.1 Å². The van der Waals surface area contributed by atoms with Crippen molar-refractivity contribution in [2.45, 2.75) is 321 Å². The number of nitrogens with one attached hydrogen (secondary N) is 1. The third-order valence-electron chi connectivity index (χ3n) is 13.2. The molecule has 8 nitrogen and oxygen atoms in total. The summed E-state index contributed by atoms with van der Waals surface area (Å²) >= 11 is 0. The zero-order valence-electron chi connectivity index (χ0n) is 42.4. The van der Waals surface area contributed by atoms with Crippen LogP contribution in [-0.4, -0.2) is 47.8 Å². The van der Waals surface area contributed by atoms with Crippen LogP contribution in [0.5, 0.6) is 0 Å². The number of hydrogen-bond donors (Lipinski definition) is 4. The van der Waals surface area contributed by atoms with Gasteiger partial charge < -0.3 is 21.1 Å². The summed E-state index contributed by atoms with van der Waals surface area (Å²) in [5, 5.41) is 13.9. The third-order valence-corrected chi connectivity index (χ3v) is 14.2. The van der Waals surface area contributed by atoms with Crippen molar-refractivity contribution in [3.05, 3.63) is 0 Å². The predicted octanol–water partition coefficient (Wildman–Crippen LogP) is 16.9. The normalized spacial score (nSPS) is 13.7. The second-order valence-electron chi connectivity index (χ2n) is 19.5. The number of carbonyl (C=O) groups is 1. The molecule has 0 aromatic heterocycles. The molecule has 0 aromatic carbocycles. The second-order valence-corrected chi connectivity index (χ2v) is 21.0. The first-order valence-corrected chi connectivity index (χ1v) is 29.6. The van der Waals surface area contributed by atoms with Gasteiger partial charge in [0.05, 0.1) is 25.4 Å². The van der Waals surface area contributed by atoms with Crippen LogP contribution in [0, 0.1) is 0 Å². The van der Waals surface area contributed by atoms with Crippen LogP contribution in [0.4, 0.5) is 0 Å². The van der Waals surface area contributed by atoms with E-state index in [1.807, 2.05) is 0 Å². The second kappa shape index (κ2) is 50.9. The molecule has 0 spiro atoms. The van der Waals surface area contributed by atoms with E-state index in [0.29, 0.717) is 12.8 Å². The largest absolute Gasteiger partial charge is 0.472 e. The Labute approximate surface area is 392 Å². The topological polar surface area (TPSA) is 131 Å². The lowest BCUT2D eigenvalue weighted by molar-refractivity contribution is -0.123. The van der Waals surface area contributed by atoms with Crippen molar-refractivity contribution in [3.63, 3.8) is 0 Å². The van der Waals surface area contributed by atoms with Gasteiger partial charge in [-0.2, -0.15) is 0 Å². The van der Waals surface area contributed by atoms with Gasteiger partial charge in [-0.3, -0.25) is 13.8 Å². The summed E-state index contributed by atoms with van der Waals surface area (Å²) in [6, 6.07) is -0.769. The Bertz CT molecular complexity index is 957. The number of rotatable bonds is 54. The molecule has 0 bridgehead atoms. The molecule has 0 saturated carbocycles. The lowest BCUT2D eigenvalue weighted by Crippen LogP contribution is -2.46. The molecule has 63 heavy (non-hydrogen) atoms. The van der Waals surface area contributed by atoms with E-state index in [1.165, 1.54) is 244 Å². The standard InChI is InChI=1S/C54H111N2O6P/c1-3-5-7-9-11-13-15-17-19-21-22-23-24-25-26-27-28-29-30-32-34-36-38-40-42-44-46-48-54(58)56-52(51-62-63(59,60)61-50-49-55)53(57)47-45-43-41-39-37-35-33-31-20-18-16-14-12-10-8-6-4-2/h52-53,57H,3-51,55H2,1-2H3,(H,56,58)(H,59,60)/t52-,53+/m0/s1. The van der Waals surface area contributed by atoms with Crippen LogP contribution >= 0.6 is 7.82 Å². The van der Waals surface area contributed by atoms with Gasteiger partial charge in [-0.1, -0.05) is 290 Å². The fraction of sp³-hybridized carbons (Fsp3) is 0.981.